The molecule has 0 heterocycles. The van der Waals surface area contributed by atoms with Gasteiger partial charge < -0.3 is 4.90 Å². The zero-order chi connectivity index (χ0) is 21.4. The summed E-state index contributed by atoms with van der Waals surface area (Å²) in [6.07, 6.45) is 24.3. The van der Waals surface area contributed by atoms with Crippen LogP contribution in [0.2, 0.25) is 0 Å². The van der Waals surface area contributed by atoms with Crippen LogP contribution in [0.4, 0.5) is 0 Å². The van der Waals surface area contributed by atoms with Crippen molar-refractivity contribution in [1.29, 1.82) is 0 Å². The summed E-state index contributed by atoms with van der Waals surface area (Å²) in [4.78, 5) is 2.03. The molecule has 0 fully saturated rings. The lowest BCUT2D eigenvalue weighted by Gasteiger charge is -2.20. The molecule has 0 aromatic carbocycles. The minimum absolute atomic E-state index is 0.520. The molecule has 0 radical (unpaired) electrons. The fourth-order valence-corrected chi connectivity index (χ4v) is 2.64. The summed E-state index contributed by atoms with van der Waals surface area (Å²) < 4.78 is 0. The topological polar surface area (TPSA) is 3.24 Å². The minimum Gasteiger partial charge on any atom is -0.324 e. The van der Waals surface area contributed by atoms with Gasteiger partial charge in [-0.2, -0.15) is 0 Å². The molecular weight excluding hydrogens is 338 g/mol. The number of hydrogen-bond donors (Lipinski definition) is 0. The van der Waals surface area contributed by atoms with E-state index in [0.29, 0.717) is 5.92 Å². The van der Waals surface area contributed by atoms with Crippen LogP contribution < -0.4 is 0 Å². The third kappa shape index (κ3) is 10.6. The summed E-state index contributed by atoms with van der Waals surface area (Å²) in [5.74, 6) is 0.520. The highest BCUT2D eigenvalue weighted by atomic mass is 15.1. The Kier molecular flexibility index (Phi) is 14.1. The van der Waals surface area contributed by atoms with Gasteiger partial charge in [0.2, 0.25) is 0 Å². The fourth-order valence-electron chi connectivity index (χ4n) is 2.64. The summed E-state index contributed by atoms with van der Waals surface area (Å²) in [6, 6.07) is 0. The van der Waals surface area contributed by atoms with E-state index in [2.05, 4.69) is 59.4 Å². The van der Waals surface area contributed by atoms with E-state index in [0.717, 1.165) is 42.5 Å². The predicted octanol–water partition coefficient (Wildman–Crippen LogP) is 8.42. The SMILES string of the molecule is C=CCC/C(C)=C/N(/C=C/C=C\C=C/C)C(=C)C(=C)/C=C\C(=C)C(CC)CC. The lowest BCUT2D eigenvalue weighted by molar-refractivity contribution is 0.585. The van der Waals surface area contributed by atoms with Crippen molar-refractivity contribution < 1.29 is 0 Å². The molecule has 0 saturated carbocycles. The maximum atomic E-state index is 4.26. The van der Waals surface area contributed by atoms with Crippen molar-refractivity contribution in [1.82, 2.24) is 4.90 Å². The highest BCUT2D eigenvalue weighted by molar-refractivity contribution is 5.40. The fraction of sp³-hybridized carbons (Fsp3) is 0.333. The average molecular weight is 378 g/mol. The molecular formula is C27H39N. The third-order valence-corrected chi connectivity index (χ3v) is 4.57. The first-order valence-electron chi connectivity index (χ1n) is 10.2. The van der Waals surface area contributed by atoms with Crippen LogP contribution in [0, 0.1) is 5.92 Å². The van der Waals surface area contributed by atoms with Crippen LogP contribution in [-0.2, 0) is 0 Å². The average Bonchev–Trinajstić information content (AvgIpc) is 2.69. The second-order valence-electron chi connectivity index (χ2n) is 6.86. The normalized spacial score (nSPS) is 12.7. The Morgan fingerprint density at radius 3 is 2.18 bits per heavy atom. The van der Waals surface area contributed by atoms with Gasteiger partial charge in [0.1, 0.15) is 0 Å². The molecule has 0 aromatic heterocycles. The summed E-state index contributed by atoms with van der Waals surface area (Å²) in [6.45, 7) is 25.0. The highest BCUT2D eigenvalue weighted by Gasteiger charge is 2.07. The maximum absolute atomic E-state index is 4.26. The second kappa shape index (κ2) is 15.5. The van der Waals surface area contributed by atoms with E-state index in [-0.39, 0.29) is 0 Å². The van der Waals surface area contributed by atoms with Crippen molar-refractivity contribution >= 4 is 0 Å². The monoisotopic (exact) mass is 377 g/mol. The molecule has 0 bridgehead atoms. The molecule has 0 atom stereocenters. The van der Waals surface area contributed by atoms with E-state index in [1.54, 1.807) is 0 Å². The number of hydrogen-bond acceptors (Lipinski definition) is 1. The lowest BCUT2D eigenvalue weighted by Crippen LogP contribution is -2.10. The van der Waals surface area contributed by atoms with Gasteiger partial charge in [0.05, 0.1) is 0 Å². The van der Waals surface area contributed by atoms with Gasteiger partial charge in [-0.05, 0) is 57.1 Å². The Bertz CT molecular complexity index is 660. The Labute approximate surface area is 174 Å². The van der Waals surface area contributed by atoms with Crippen LogP contribution in [0.5, 0.6) is 0 Å². The molecule has 0 spiro atoms. The van der Waals surface area contributed by atoms with E-state index < -0.39 is 0 Å². The van der Waals surface area contributed by atoms with Crippen molar-refractivity contribution in [2.75, 3.05) is 0 Å². The van der Waals surface area contributed by atoms with E-state index in [1.165, 1.54) is 5.57 Å². The molecule has 152 valence electrons. The van der Waals surface area contributed by atoms with Gasteiger partial charge in [0.25, 0.3) is 0 Å². The van der Waals surface area contributed by atoms with Crippen LogP contribution in [-0.4, -0.2) is 4.90 Å². The van der Waals surface area contributed by atoms with Gasteiger partial charge in [0, 0.05) is 18.1 Å². The van der Waals surface area contributed by atoms with E-state index in [4.69, 9.17) is 0 Å². The molecule has 1 heteroatoms. The molecule has 28 heavy (non-hydrogen) atoms. The highest BCUT2D eigenvalue weighted by Crippen LogP contribution is 2.21. The Morgan fingerprint density at radius 2 is 1.61 bits per heavy atom. The first kappa shape index (κ1) is 25.5. The smallest absolute Gasteiger partial charge is 0.0443 e. The van der Waals surface area contributed by atoms with Crippen LogP contribution in [0.25, 0.3) is 0 Å². The largest absolute Gasteiger partial charge is 0.324 e. The first-order chi connectivity index (χ1) is 13.4. The molecule has 0 aliphatic heterocycles. The van der Waals surface area contributed by atoms with Crippen LogP contribution in [0.1, 0.15) is 53.4 Å². The molecule has 0 amide bonds. The van der Waals surface area contributed by atoms with E-state index >= 15 is 0 Å². The summed E-state index contributed by atoms with van der Waals surface area (Å²) in [7, 11) is 0. The van der Waals surface area contributed by atoms with E-state index in [1.807, 2.05) is 60.6 Å². The summed E-state index contributed by atoms with van der Waals surface area (Å²) in [5, 5.41) is 0. The Morgan fingerprint density at radius 1 is 0.964 bits per heavy atom. The minimum atomic E-state index is 0.520. The standard InChI is InChI=1S/C27H39N/c1-9-13-15-16-17-21-28(22-23(5)18-14-10-2)26(8)24(6)19-20-25(7)27(11-3)12-4/h9-10,13,15-17,19-22,27H,2,6-8,11-12,14,18H2,1,3-5H3/b13-9-,16-15-,20-19-,21-17+,23-22+. The van der Waals surface area contributed by atoms with Crippen molar-refractivity contribution in [3.63, 3.8) is 0 Å². The first-order valence-corrected chi connectivity index (χ1v) is 10.2. The number of nitrogens with zero attached hydrogens (tertiary/aromatic N) is 1. The Balaban J connectivity index is 5.38. The second-order valence-corrected chi connectivity index (χ2v) is 6.86. The van der Waals surface area contributed by atoms with Gasteiger partial charge in [-0.25, -0.2) is 0 Å². The van der Waals surface area contributed by atoms with Crippen molar-refractivity contribution in [2.24, 2.45) is 5.92 Å². The van der Waals surface area contributed by atoms with Gasteiger partial charge in [-0.1, -0.05) is 87.3 Å². The van der Waals surface area contributed by atoms with Crippen molar-refractivity contribution in [3.05, 3.63) is 110 Å². The van der Waals surface area contributed by atoms with Crippen molar-refractivity contribution in [3.8, 4) is 0 Å². The molecule has 0 rings (SSSR count). The predicted molar refractivity (Wildman–Crippen MR) is 129 cm³/mol. The van der Waals surface area contributed by atoms with Crippen molar-refractivity contribution in [2.45, 2.75) is 53.4 Å². The third-order valence-electron chi connectivity index (χ3n) is 4.57. The van der Waals surface area contributed by atoms with Gasteiger partial charge >= 0.3 is 0 Å². The molecule has 0 unspecified atom stereocenters. The van der Waals surface area contributed by atoms with Gasteiger partial charge in [0.15, 0.2) is 0 Å². The van der Waals surface area contributed by atoms with Crippen LogP contribution in [0.15, 0.2) is 110 Å². The quantitative estimate of drug-likeness (QED) is 0.217. The number of rotatable bonds is 14. The van der Waals surface area contributed by atoms with E-state index in [9.17, 15) is 0 Å². The zero-order valence-corrected chi connectivity index (χ0v) is 18.5. The van der Waals surface area contributed by atoms with Crippen LogP contribution in [0.3, 0.4) is 0 Å². The van der Waals surface area contributed by atoms with Gasteiger partial charge in [-0.15, -0.1) is 6.58 Å². The summed E-state index contributed by atoms with van der Waals surface area (Å²) in [5.41, 5.74) is 4.14. The summed E-state index contributed by atoms with van der Waals surface area (Å²) >= 11 is 0. The molecule has 0 saturated heterocycles. The molecule has 0 N–H and O–H groups in total. The maximum Gasteiger partial charge on any atom is 0.0443 e. The zero-order valence-electron chi connectivity index (χ0n) is 18.5. The Hall–Kier alpha value is -2.54. The van der Waals surface area contributed by atoms with Gasteiger partial charge in [-0.3, -0.25) is 0 Å². The molecule has 1 nitrogen and oxygen atoms in total. The van der Waals surface area contributed by atoms with Crippen LogP contribution >= 0.6 is 0 Å². The molecule has 0 aromatic rings. The molecule has 0 aliphatic carbocycles. The lowest BCUT2D eigenvalue weighted by atomic mass is 9.94. The molecule has 0 aliphatic rings. The number of allylic oxidation sites excluding steroid dienone is 10.